The fourth-order valence-electron chi connectivity index (χ4n) is 1.75. The van der Waals surface area contributed by atoms with Crippen molar-refractivity contribution in [2.75, 3.05) is 32.7 Å². The number of hydrogen-bond acceptors (Lipinski definition) is 4. The first-order valence-corrected chi connectivity index (χ1v) is 5.67. The minimum Gasteiger partial charge on any atom is -0.316 e. The molecule has 2 atom stereocenters. The maximum Gasteiger partial charge on any atom is 0.0544 e. The summed E-state index contributed by atoms with van der Waals surface area (Å²) in [5.41, 5.74) is 5.78. The van der Waals surface area contributed by atoms with Crippen molar-refractivity contribution in [3.8, 4) is 0 Å². The predicted octanol–water partition coefficient (Wildman–Crippen LogP) is -0.435. The Morgan fingerprint density at radius 3 is 3.07 bits per heavy atom. The quantitative estimate of drug-likeness (QED) is 0.527. The van der Waals surface area contributed by atoms with E-state index in [0.29, 0.717) is 6.04 Å². The van der Waals surface area contributed by atoms with Crippen LogP contribution in [0.5, 0.6) is 0 Å². The van der Waals surface area contributed by atoms with Gasteiger partial charge in [0.15, 0.2) is 0 Å². The Bertz CT molecular complexity index is 151. The van der Waals surface area contributed by atoms with Crippen LogP contribution in [-0.4, -0.2) is 49.8 Å². The van der Waals surface area contributed by atoms with Gasteiger partial charge < -0.3 is 16.4 Å². The summed E-state index contributed by atoms with van der Waals surface area (Å²) < 4.78 is 0. The largest absolute Gasteiger partial charge is 0.316 e. The van der Waals surface area contributed by atoms with E-state index in [9.17, 15) is 0 Å². The molecule has 1 aliphatic heterocycles. The second kappa shape index (κ2) is 6.35. The molecule has 1 heterocycles. The van der Waals surface area contributed by atoms with Gasteiger partial charge >= 0.3 is 0 Å². The lowest BCUT2D eigenvalue weighted by atomic mass is 10.2. The van der Waals surface area contributed by atoms with Gasteiger partial charge in [-0.3, -0.25) is 4.90 Å². The Morgan fingerprint density at radius 2 is 2.43 bits per heavy atom. The molecule has 0 aromatic carbocycles. The Morgan fingerprint density at radius 1 is 1.64 bits per heavy atom. The molecule has 0 aliphatic carbocycles. The molecule has 1 saturated heterocycles. The SMILES string of the molecule is CCC(N)NCCN1CCNCC1C. The third-order valence-corrected chi connectivity index (χ3v) is 2.88. The minimum atomic E-state index is 0.160. The number of hydrogen-bond donors (Lipinski definition) is 3. The number of nitrogens with two attached hydrogens (primary N) is 1. The van der Waals surface area contributed by atoms with Crippen LogP contribution in [0.25, 0.3) is 0 Å². The van der Waals surface area contributed by atoms with Crippen molar-refractivity contribution in [1.29, 1.82) is 0 Å². The van der Waals surface area contributed by atoms with Gasteiger partial charge in [-0.1, -0.05) is 6.92 Å². The van der Waals surface area contributed by atoms with E-state index < -0.39 is 0 Å². The molecule has 1 aliphatic rings. The summed E-state index contributed by atoms with van der Waals surface area (Å²) in [5, 5.41) is 6.70. The molecule has 4 nitrogen and oxygen atoms in total. The lowest BCUT2D eigenvalue weighted by molar-refractivity contribution is 0.172. The van der Waals surface area contributed by atoms with Crippen LogP contribution in [0.1, 0.15) is 20.3 Å². The lowest BCUT2D eigenvalue weighted by Crippen LogP contribution is -2.52. The first kappa shape index (κ1) is 11.9. The van der Waals surface area contributed by atoms with E-state index in [1.807, 2.05) is 0 Å². The van der Waals surface area contributed by atoms with E-state index >= 15 is 0 Å². The molecule has 4 heteroatoms. The molecule has 0 aromatic heterocycles. The van der Waals surface area contributed by atoms with E-state index in [-0.39, 0.29) is 6.17 Å². The van der Waals surface area contributed by atoms with Crippen LogP contribution in [0.2, 0.25) is 0 Å². The van der Waals surface area contributed by atoms with E-state index in [0.717, 1.165) is 39.1 Å². The number of nitrogens with one attached hydrogen (secondary N) is 2. The van der Waals surface area contributed by atoms with Crippen LogP contribution < -0.4 is 16.4 Å². The first-order chi connectivity index (χ1) is 6.74. The standard InChI is InChI=1S/C10H24N4/c1-3-10(11)13-5-7-14-6-4-12-8-9(14)2/h9-10,12-13H,3-8,11H2,1-2H3. The van der Waals surface area contributed by atoms with Gasteiger partial charge in [0.25, 0.3) is 0 Å². The van der Waals surface area contributed by atoms with E-state index in [4.69, 9.17) is 5.73 Å². The minimum absolute atomic E-state index is 0.160. The van der Waals surface area contributed by atoms with Crippen LogP contribution in [-0.2, 0) is 0 Å². The lowest BCUT2D eigenvalue weighted by Gasteiger charge is -2.34. The second-order valence-electron chi connectivity index (χ2n) is 4.06. The van der Waals surface area contributed by atoms with Crippen LogP contribution >= 0.6 is 0 Å². The number of rotatable bonds is 5. The molecular formula is C10H24N4. The van der Waals surface area contributed by atoms with Crippen molar-refractivity contribution in [1.82, 2.24) is 15.5 Å². The molecule has 4 N–H and O–H groups in total. The Hall–Kier alpha value is -0.160. The van der Waals surface area contributed by atoms with Gasteiger partial charge in [0.1, 0.15) is 0 Å². The van der Waals surface area contributed by atoms with Crippen molar-refractivity contribution in [2.24, 2.45) is 5.73 Å². The molecule has 1 fully saturated rings. The summed E-state index contributed by atoms with van der Waals surface area (Å²) in [6.07, 6.45) is 1.16. The second-order valence-corrected chi connectivity index (χ2v) is 4.06. The normalized spacial score (nSPS) is 26.4. The van der Waals surface area contributed by atoms with Gasteiger partial charge in [0.05, 0.1) is 6.17 Å². The van der Waals surface area contributed by atoms with Crippen LogP contribution in [0.3, 0.4) is 0 Å². The number of nitrogens with zero attached hydrogens (tertiary/aromatic N) is 1. The highest BCUT2D eigenvalue weighted by Gasteiger charge is 2.16. The van der Waals surface area contributed by atoms with Crippen LogP contribution in [0, 0.1) is 0 Å². The molecule has 14 heavy (non-hydrogen) atoms. The van der Waals surface area contributed by atoms with Crippen molar-refractivity contribution < 1.29 is 0 Å². The van der Waals surface area contributed by atoms with Crippen molar-refractivity contribution >= 4 is 0 Å². The average Bonchev–Trinajstić information content (AvgIpc) is 2.20. The summed E-state index contributed by atoms with van der Waals surface area (Å²) in [4.78, 5) is 2.51. The zero-order valence-electron chi connectivity index (χ0n) is 9.42. The maximum atomic E-state index is 5.78. The smallest absolute Gasteiger partial charge is 0.0544 e. The topological polar surface area (TPSA) is 53.3 Å². The number of piperazine rings is 1. The molecule has 0 bridgehead atoms. The highest BCUT2D eigenvalue weighted by Crippen LogP contribution is 2.00. The average molecular weight is 200 g/mol. The fraction of sp³-hybridized carbons (Fsp3) is 1.00. The van der Waals surface area contributed by atoms with E-state index in [1.165, 1.54) is 0 Å². The van der Waals surface area contributed by atoms with Gasteiger partial charge in [0.2, 0.25) is 0 Å². The molecule has 0 saturated carbocycles. The molecule has 1 rings (SSSR count). The predicted molar refractivity (Wildman–Crippen MR) is 60.2 cm³/mol. The van der Waals surface area contributed by atoms with Crippen LogP contribution in [0.15, 0.2) is 0 Å². The van der Waals surface area contributed by atoms with Crippen molar-refractivity contribution in [3.63, 3.8) is 0 Å². The monoisotopic (exact) mass is 200 g/mol. The molecule has 0 amide bonds. The molecule has 2 unspecified atom stereocenters. The summed E-state index contributed by atoms with van der Waals surface area (Å²) in [7, 11) is 0. The zero-order chi connectivity index (χ0) is 10.4. The van der Waals surface area contributed by atoms with E-state index in [1.54, 1.807) is 0 Å². The fourth-order valence-corrected chi connectivity index (χ4v) is 1.75. The van der Waals surface area contributed by atoms with Gasteiger partial charge in [-0.05, 0) is 13.3 Å². The van der Waals surface area contributed by atoms with Gasteiger partial charge in [-0.25, -0.2) is 0 Å². The summed E-state index contributed by atoms with van der Waals surface area (Å²) >= 11 is 0. The summed E-state index contributed by atoms with van der Waals surface area (Å²) in [5.74, 6) is 0. The Balaban J connectivity index is 2.10. The van der Waals surface area contributed by atoms with E-state index in [2.05, 4.69) is 29.4 Å². The maximum absolute atomic E-state index is 5.78. The highest BCUT2D eigenvalue weighted by molar-refractivity contribution is 4.76. The molecule has 0 aromatic rings. The zero-order valence-corrected chi connectivity index (χ0v) is 9.42. The van der Waals surface area contributed by atoms with Gasteiger partial charge in [0, 0.05) is 38.8 Å². The van der Waals surface area contributed by atoms with Crippen LogP contribution in [0.4, 0.5) is 0 Å². The Labute approximate surface area is 87.2 Å². The molecular weight excluding hydrogens is 176 g/mol. The molecule has 0 spiro atoms. The third-order valence-electron chi connectivity index (χ3n) is 2.88. The summed E-state index contributed by atoms with van der Waals surface area (Å²) in [6, 6.07) is 0.656. The molecule has 0 radical (unpaired) electrons. The molecule has 84 valence electrons. The third kappa shape index (κ3) is 3.92. The van der Waals surface area contributed by atoms with Crippen molar-refractivity contribution in [3.05, 3.63) is 0 Å². The van der Waals surface area contributed by atoms with Gasteiger partial charge in [-0.15, -0.1) is 0 Å². The highest BCUT2D eigenvalue weighted by atomic mass is 15.2. The first-order valence-electron chi connectivity index (χ1n) is 5.67. The van der Waals surface area contributed by atoms with Crippen molar-refractivity contribution in [2.45, 2.75) is 32.5 Å². The van der Waals surface area contributed by atoms with Gasteiger partial charge in [-0.2, -0.15) is 0 Å². The summed E-state index contributed by atoms with van der Waals surface area (Å²) in [6.45, 7) is 9.86. The Kier molecular flexibility index (Phi) is 5.40.